The van der Waals surface area contributed by atoms with Crippen LogP contribution >= 0.6 is 0 Å². The molecule has 0 bridgehead atoms. The van der Waals surface area contributed by atoms with Crippen LogP contribution in [0.2, 0.25) is 0 Å². The number of piperidine rings is 1. The Labute approximate surface area is 159 Å². The fourth-order valence-corrected chi connectivity index (χ4v) is 4.99. The van der Waals surface area contributed by atoms with E-state index in [4.69, 9.17) is 4.74 Å². The number of amides is 1. The summed E-state index contributed by atoms with van der Waals surface area (Å²) in [4.78, 5) is 14.3. The molecular formula is C18H24N4O4S. The van der Waals surface area contributed by atoms with Gasteiger partial charge in [0.25, 0.3) is 0 Å². The van der Waals surface area contributed by atoms with Crippen molar-refractivity contribution >= 4 is 15.7 Å². The summed E-state index contributed by atoms with van der Waals surface area (Å²) in [5, 5.41) is 6.83. The number of carbonyl (C=O) groups is 1. The molecule has 0 N–H and O–H groups in total. The normalized spacial score (nSPS) is 15.7. The smallest absolute Gasteiger partial charge is 0.249 e. The van der Waals surface area contributed by atoms with Crippen molar-refractivity contribution in [1.82, 2.24) is 19.7 Å². The Hall–Kier alpha value is -2.42. The Balaban J connectivity index is 1.57. The average Bonchev–Trinajstić information content (AvgIpc) is 3.10. The second-order valence-corrected chi connectivity index (χ2v) is 8.73. The van der Waals surface area contributed by atoms with Gasteiger partial charge < -0.3 is 14.2 Å². The Kier molecular flexibility index (Phi) is 5.79. The Morgan fingerprint density at radius 3 is 2.44 bits per heavy atom. The minimum absolute atomic E-state index is 0.00802. The first-order valence-electron chi connectivity index (χ1n) is 8.99. The van der Waals surface area contributed by atoms with Gasteiger partial charge in [0, 0.05) is 20.1 Å². The predicted octanol–water partition coefficient (Wildman–Crippen LogP) is 1.22. The van der Waals surface area contributed by atoms with Crippen LogP contribution in [0.5, 0.6) is 5.75 Å². The molecule has 1 aromatic heterocycles. The SMILES string of the molecule is CCOc1ccc(CC(=O)N2CCC(S(=O)(=O)c3nncn3C)CC2)cc1. The number of sulfone groups is 1. The molecule has 1 fully saturated rings. The number of benzene rings is 1. The number of aromatic nitrogens is 3. The van der Waals surface area contributed by atoms with Crippen LogP contribution in [0.4, 0.5) is 0 Å². The number of nitrogens with zero attached hydrogens (tertiary/aromatic N) is 4. The maximum Gasteiger partial charge on any atom is 0.249 e. The molecule has 1 aromatic carbocycles. The van der Waals surface area contributed by atoms with E-state index in [2.05, 4.69) is 10.2 Å². The molecule has 0 atom stereocenters. The van der Waals surface area contributed by atoms with Crippen molar-refractivity contribution in [3.63, 3.8) is 0 Å². The van der Waals surface area contributed by atoms with E-state index in [9.17, 15) is 13.2 Å². The van der Waals surface area contributed by atoms with E-state index in [1.165, 1.54) is 10.9 Å². The van der Waals surface area contributed by atoms with Gasteiger partial charge >= 0.3 is 0 Å². The lowest BCUT2D eigenvalue weighted by Gasteiger charge is -2.31. The fourth-order valence-electron chi connectivity index (χ4n) is 3.25. The third-order valence-corrected chi connectivity index (χ3v) is 6.98. The number of hydrogen-bond acceptors (Lipinski definition) is 6. The Morgan fingerprint density at radius 1 is 1.22 bits per heavy atom. The van der Waals surface area contributed by atoms with Gasteiger partial charge in [-0.1, -0.05) is 12.1 Å². The van der Waals surface area contributed by atoms with Crippen LogP contribution in [-0.4, -0.2) is 58.9 Å². The fraction of sp³-hybridized carbons (Fsp3) is 0.500. The van der Waals surface area contributed by atoms with Gasteiger partial charge in [-0.05, 0) is 37.5 Å². The topological polar surface area (TPSA) is 94.4 Å². The molecule has 1 saturated heterocycles. The first-order valence-corrected chi connectivity index (χ1v) is 10.5. The van der Waals surface area contributed by atoms with Crippen molar-refractivity contribution < 1.29 is 17.9 Å². The van der Waals surface area contributed by atoms with E-state index >= 15 is 0 Å². The summed E-state index contributed by atoms with van der Waals surface area (Å²) in [6, 6.07) is 7.47. The second kappa shape index (κ2) is 8.08. The molecule has 2 aromatic rings. The highest BCUT2D eigenvalue weighted by molar-refractivity contribution is 7.91. The zero-order valence-electron chi connectivity index (χ0n) is 15.5. The molecule has 146 valence electrons. The molecule has 3 rings (SSSR count). The van der Waals surface area contributed by atoms with Crippen molar-refractivity contribution in [2.75, 3.05) is 19.7 Å². The van der Waals surface area contributed by atoms with E-state index < -0.39 is 15.1 Å². The van der Waals surface area contributed by atoms with Crippen molar-refractivity contribution in [3.05, 3.63) is 36.2 Å². The molecule has 0 aliphatic carbocycles. The average molecular weight is 392 g/mol. The molecule has 8 nitrogen and oxygen atoms in total. The monoisotopic (exact) mass is 392 g/mol. The van der Waals surface area contributed by atoms with Crippen molar-refractivity contribution in [2.24, 2.45) is 7.05 Å². The first kappa shape index (κ1) is 19.3. The zero-order chi connectivity index (χ0) is 19.4. The Bertz CT molecular complexity index is 884. The van der Waals surface area contributed by atoms with Gasteiger partial charge in [0.05, 0.1) is 18.3 Å². The van der Waals surface area contributed by atoms with Gasteiger partial charge in [-0.15, -0.1) is 10.2 Å². The number of aryl methyl sites for hydroxylation is 1. The van der Waals surface area contributed by atoms with Crippen LogP contribution in [0.15, 0.2) is 35.7 Å². The summed E-state index contributed by atoms with van der Waals surface area (Å²) in [5.41, 5.74) is 0.914. The third kappa shape index (κ3) is 4.29. The summed E-state index contributed by atoms with van der Waals surface area (Å²) < 4.78 is 32.2. The van der Waals surface area contributed by atoms with Crippen molar-refractivity contribution in [1.29, 1.82) is 0 Å². The minimum Gasteiger partial charge on any atom is -0.494 e. The number of rotatable bonds is 6. The summed E-state index contributed by atoms with van der Waals surface area (Å²) in [7, 11) is -1.92. The highest BCUT2D eigenvalue weighted by Gasteiger charge is 2.35. The minimum atomic E-state index is -3.53. The van der Waals surface area contributed by atoms with Gasteiger partial charge in [0.2, 0.25) is 20.9 Å². The van der Waals surface area contributed by atoms with Crippen LogP contribution in [0, 0.1) is 0 Å². The molecular weight excluding hydrogens is 368 g/mol. The lowest BCUT2D eigenvalue weighted by molar-refractivity contribution is -0.131. The van der Waals surface area contributed by atoms with E-state index in [1.807, 2.05) is 31.2 Å². The lowest BCUT2D eigenvalue weighted by atomic mass is 10.1. The molecule has 0 spiro atoms. The van der Waals surface area contributed by atoms with E-state index in [0.29, 0.717) is 39.0 Å². The van der Waals surface area contributed by atoms with Gasteiger partial charge in [0.1, 0.15) is 12.1 Å². The molecule has 0 radical (unpaired) electrons. The molecule has 1 aliphatic rings. The summed E-state index contributed by atoms with van der Waals surface area (Å²) in [6.45, 7) is 3.38. The van der Waals surface area contributed by atoms with Crippen molar-refractivity contribution in [2.45, 2.75) is 36.6 Å². The number of ether oxygens (including phenoxy) is 1. The summed E-state index contributed by atoms with van der Waals surface area (Å²) in [6.07, 6.45) is 2.49. The molecule has 0 unspecified atom stereocenters. The van der Waals surface area contributed by atoms with Crippen LogP contribution in [-0.2, 0) is 28.1 Å². The third-order valence-electron chi connectivity index (χ3n) is 4.75. The highest BCUT2D eigenvalue weighted by atomic mass is 32.2. The van der Waals surface area contributed by atoms with Crippen molar-refractivity contribution in [3.8, 4) is 5.75 Å². The molecule has 9 heteroatoms. The highest BCUT2D eigenvalue weighted by Crippen LogP contribution is 2.23. The quantitative estimate of drug-likeness (QED) is 0.734. The predicted molar refractivity (Wildman–Crippen MR) is 99.1 cm³/mol. The van der Waals surface area contributed by atoms with E-state index in [0.717, 1.165) is 11.3 Å². The van der Waals surface area contributed by atoms with Gasteiger partial charge in [0.15, 0.2) is 0 Å². The maximum atomic E-state index is 12.7. The van der Waals surface area contributed by atoms with Gasteiger partial charge in [-0.25, -0.2) is 8.42 Å². The van der Waals surface area contributed by atoms with E-state index in [-0.39, 0.29) is 11.1 Å². The van der Waals surface area contributed by atoms with Gasteiger partial charge in [-0.3, -0.25) is 4.79 Å². The number of carbonyl (C=O) groups excluding carboxylic acids is 1. The van der Waals surface area contributed by atoms with Gasteiger partial charge in [-0.2, -0.15) is 0 Å². The van der Waals surface area contributed by atoms with Crippen LogP contribution < -0.4 is 4.74 Å². The van der Waals surface area contributed by atoms with Crippen LogP contribution in [0.1, 0.15) is 25.3 Å². The first-order chi connectivity index (χ1) is 12.9. The summed E-state index contributed by atoms with van der Waals surface area (Å²) >= 11 is 0. The molecule has 1 amide bonds. The number of likely N-dealkylation sites (tertiary alicyclic amines) is 1. The maximum absolute atomic E-state index is 12.7. The largest absolute Gasteiger partial charge is 0.494 e. The second-order valence-electron chi connectivity index (χ2n) is 6.60. The van der Waals surface area contributed by atoms with Crippen LogP contribution in [0.25, 0.3) is 0 Å². The van der Waals surface area contributed by atoms with E-state index in [1.54, 1.807) is 11.9 Å². The van der Waals surface area contributed by atoms with Crippen LogP contribution in [0.3, 0.4) is 0 Å². The lowest BCUT2D eigenvalue weighted by Crippen LogP contribution is -2.43. The Morgan fingerprint density at radius 2 is 1.89 bits per heavy atom. The molecule has 2 heterocycles. The number of hydrogen-bond donors (Lipinski definition) is 0. The zero-order valence-corrected chi connectivity index (χ0v) is 16.4. The molecule has 0 saturated carbocycles. The standard InChI is InChI=1S/C18H24N4O4S/c1-3-26-15-6-4-14(5-7-15)12-17(23)22-10-8-16(9-11-22)27(24,25)18-20-19-13-21(18)2/h4-7,13,16H,3,8-12H2,1-2H3. The molecule has 1 aliphatic heterocycles. The summed E-state index contributed by atoms with van der Waals surface area (Å²) in [5.74, 6) is 0.789. The molecule has 27 heavy (non-hydrogen) atoms.